The van der Waals surface area contributed by atoms with Gasteiger partial charge in [0.05, 0.1) is 6.61 Å². The molecular formula is C12H20N2O. The van der Waals surface area contributed by atoms with E-state index in [4.69, 9.17) is 10.5 Å². The maximum atomic E-state index is 5.48. The first-order valence-electron chi connectivity index (χ1n) is 5.41. The fraction of sp³-hybridized carbons (Fsp3) is 0.500. The first-order valence-corrected chi connectivity index (χ1v) is 5.41. The summed E-state index contributed by atoms with van der Waals surface area (Å²) >= 11 is 0. The fourth-order valence-electron chi connectivity index (χ4n) is 1.47. The zero-order valence-electron chi connectivity index (χ0n) is 9.55. The van der Waals surface area contributed by atoms with Gasteiger partial charge in [-0.05, 0) is 31.0 Å². The Hall–Kier alpha value is -1.06. The van der Waals surface area contributed by atoms with Gasteiger partial charge in [-0.25, -0.2) is 0 Å². The van der Waals surface area contributed by atoms with E-state index in [0.29, 0.717) is 13.2 Å². The van der Waals surface area contributed by atoms with E-state index in [1.807, 2.05) is 13.0 Å². The summed E-state index contributed by atoms with van der Waals surface area (Å²) in [6.07, 6.45) is 0. The third-order valence-corrected chi connectivity index (χ3v) is 2.19. The quantitative estimate of drug-likeness (QED) is 0.695. The zero-order valence-corrected chi connectivity index (χ0v) is 9.55. The highest BCUT2D eigenvalue weighted by Gasteiger charge is 1.99. The smallest absolute Gasteiger partial charge is 0.122 e. The van der Waals surface area contributed by atoms with Gasteiger partial charge in [0.25, 0.3) is 0 Å². The number of hydrogen-bond acceptors (Lipinski definition) is 3. The summed E-state index contributed by atoms with van der Waals surface area (Å²) in [6.45, 7) is 7.17. The highest BCUT2D eigenvalue weighted by molar-refractivity contribution is 5.36. The van der Waals surface area contributed by atoms with Gasteiger partial charge in [0.1, 0.15) is 5.75 Å². The summed E-state index contributed by atoms with van der Waals surface area (Å²) in [4.78, 5) is 0. The Labute approximate surface area is 91.6 Å². The van der Waals surface area contributed by atoms with Crippen molar-refractivity contribution in [3.63, 3.8) is 0 Å². The Morgan fingerprint density at radius 2 is 2.20 bits per heavy atom. The molecule has 0 atom stereocenters. The van der Waals surface area contributed by atoms with Crippen LogP contribution in [0, 0.1) is 6.92 Å². The molecule has 0 heterocycles. The van der Waals surface area contributed by atoms with Gasteiger partial charge in [-0.3, -0.25) is 0 Å². The highest BCUT2D eigenvalue weighted by Crippen LogP contribution is 2.18. The molecule has 0 radical (unpaired) electrons. The average Bonchev–Trinajstić information content (AvgIpc) is 2.23. The topological polar surface area (TPSA) is 47.3 Å². The van der Waals surface area contributed by atoms with E-state index < -0.39 is 0 Å². The molecule has 0 bridgehead atoms. The molecule has 0 aliphatic rings. The highest BCUT2D eigenvalue weighted by atomic mass is 16.5. The second-order valence-electron chi connectivity index (χ2n) is 3.50. The van der Waals surface area contributed by atoms with Gasteiger partial charge >= 0.3 is 0 Å². The Kier molecular flexibility index (Phi) is 5.15. The van der Waals surface area contributed by atoms with Crippen LogP contribution in [0.5, 0.6) is 5.75 Å². The van der Waals surface area contributed by atoms with Crippen molar-refractivity contribution >= 4 is 0 Å². The van der Waals surface area contributed by atoms with Crippen LogP contribution < -0.4 is 15.8 Å². The molecule has 15 heavy (non-hydrogen) atoms. The first kappa shape index (κ1) is 12.0. The van der Waals surface area contributed by atoms with Gasteiger partial charge in [0, 0.05) is 19.6 Å². The Bertz CT molecular complexity index is 300. The lowest BCUT2D eigenvalue weighted by Crippen LogP contribution is -2.21. The summed E-state index contributed by atoms with van der Waals surface area (Å²) in [7, 11) is 0. The van der Waals surface area contributed by atoms with Gasteiger partial charge in [-0.15, -0.1) is 0 Å². The minimum atomic E-state index is 0.677. The lowest BCUT2D eigenvalue weighted by molar-refractivity contribution is 0.338. The SMILES string of the molecule is CCOc1ccc(CNCCN)cc1C. The monoisotopic (exact) mass is 208 g/mol. The number of ether oxygens (including phenoxy) is 1. The van der Waals surface area contributed by atoms with Crippen LogP contribution >= 0.6 is 0 Å². The third kappa shape index (κ3) is 3.90. The molecule has 84 valence electrons. The average molecular weight is 208 g/mol. The van der Waals surface area contributed by atoms with Crippen LogP contribution in [-0.4, -0.2) is 19.7 Å². The number of benzene rings is 1. The molecule has 0 saturated heterocycles. The van der Waals surface area contributed by atoms with Gasteiger partial charge < -0.3 is 15.8 Å². The van der Waals surface area contributed by atoms with E-state index >= 15 is 0 Å². The van der Waals surface area contributed by atoms with Crippen molar-refractivity contribution in [3.8, 4) is 5.75 Å². The fourth-order valence-corrected chi connectivity index (χ4v) is 1.47. The molecule has 3 N–H and O–H groups in total. The number of rotatable bonds is 6. The van der Waals surface area contributed by atoms with Crippen molar-refractivity contribution in [1.29, 1.82) is 0 Å². The predicted molar refractivity (Wildman–Crippen MR) is 63.1 cm³/mol. The van der Waals surface area contributed by atoms with Crippen LogP contribution in [0.4, 0.5) is 0 Å². The molecule has 0 aliphatic carbocycles. The molecule has 3 nitrogen and oxygen atoms in total. The molecule has 0 saturated carbocycles. The minimum Gasteiger partial charge on any atom is -0.494 e. The van der Waals surface area contributed by atoms with Crippen LogP contribution in [0.3, 0.4) is 0 Å². The van der Waals surface area contributed by atoms with E-state index in [0.717, 1.165) is 18.8 Å². The maximum Gasteiger partial charge on any atom is 0.122 e. The van der Waals surface area contributed by atoms with Gasteiger partial charge in [-0.1, -0.05) is 12.1 Å². The van der Waals surface area contributed by atoms with Gasteiger partial charge in [0.15, 0.2) is 0 Å². The molecule has 0 spiro atoms. The van der Waals surface area contributed by atoms with E-state index in [1.165, 1.54) is 11.1 Å². The molecule has 0 amide bonds. The molecule has 0 aliphatic heterocycles. The number of aryl methyl sites for hydroxylation is 1. The summed E-state index contributed by atoms with van der Waals surface area (Å²) in [5.41, 5.74) is 7.86. The second-order valence-corrected chi connectivity index (χ2v) is 3.50. The van der Waals surface area contributed by atoms with Crippen LogP contribution in [0.25, 0.3) is 0 Å². The molecule has 0 fully saturated rings. The minimum absolute atomic E-state index is 0.677. The summed E-state index contributed by atoms with van der Waals surface area (Å²) in [5, 5.41) is 3.26. The lowest BCUT2D eigenvalue weighted by atomic mass is 10.1. The van der Waals surface area contributed by atoms with Gasteiger partial charge in [0.2, 0.25) is 0 Å². The number of hydrogen-bond donors (Lipinski definition) is 2. The van der Waals surface area contributed by atoms with Crippen molar-refractivity contribution in [2.24, 2.45) is 5.73 Å². The largest absolute Gasteiger partial charge is 0.494 e. The summed E-state index contributed by atoms with van der Waals surface area (Å²) in [5.74, 6) is 0.972. The molecule has 0 aromatic heterocycles. The van der Waals surface area contributed by atoms with E-state index in [-0.39, 0.29) is 0 Å². The molecule has 1 aromatic carbocycles. The second kappa shape index (κ2) is 6.43. The van der Waals surface area contributed by atoms with E-state index in [1.54, 1.807) is 0 Å². The predicted octanol–water partition coefficient (Wildman–Crippen LogP) is 1.44. The molecule has 3 heteroatoms. The van der Waals surface area contributed by atoms with E-state index in [9.17, 15) is 0 Å². The molecule has 1 aromatic rings. The van der Waals surface area contributed by atoms with Crippen LogP contribution in [0.1, 0.15) is 18.1 Å². The molecule has 1 rings (SSSR count). The van der Waals surface area contributed by atoms with Crippen LogP contribution in [0.2, 0.25) is 0 Å². The standard InChI is InChI=1S/C12H20N2O/c1-3-15-12-5-4-11(8-10(12)2)9-14-7-6-13/h4-5,8,14H,3,6-7,9,13H2,1-2H3. The van der Waals surface area contributed by atoms with Crippen molar-refractivity contribution < 1.29 is 4.74 Å². The van der Waals surface area contributed by atoms with Crippen molar-refractivity contribution in [2.45, 2.75) is 20.4 Å². The first-order chi connectivity index (χ1) is 7.27. The number of nitrogens with one attached hydrogen (secondary N) is 1. The zero-order chi connectivity index (χ0) is 11.1. The summed E-state index contributed by atoms with van der Waals surface area (Å²) < 4.78 is 5.48. The Morgan fingerprint density at radius 1 is 1.40 bits per heavy atom. The maximum absolute atomic E-state index is 5.48. The Balaban J connectivity index is 2.56. The Morgan fingerprint density at radius 3 is 2.80 bits per heavy atom. The van der Waals surface area contributed by atoms with E-state index in [2.05, 4.69) is 24.4 Å². The van der Waals surface area contributed by atoms with Crippen LogP contribution in [0.15, 0.2) is 18.2 Å². The molecular weight excluding hydrogens is 188 g/mol. The molecule has 0 unspecified atom stereocenters. The van der Waals surface area contributed by atoms with Crippen molar-refractivity contribution in [3.05, 3.63) is 29.3 Å². The van der Waals surface area contributed by atoms with Crippen LogP contribution in [-0.2, 0) is 6.54 Å². The van der Waals surface area contributed by atoms with Gasteiger partial charge in [-0.2, -0.15) is 0 Å². The summed E-state index contributed by atoms with van der Waals surface area (Å²) in [6, 6.07) is 6.26. The lowest BCUT2D eigenvalue weighted by Gasteiger charge is -2.09. The third-order valence-electron chi connectivity index (χ3n) is 2.19. The number of nitrogens with two attached hydrogens (primary N) is 1. The normalized spacial score (nSPS) is 10.3. The van der Waals surface area contributed by atoms with Crippen molar-refractivity contribution in [2.75, 3.05) is 19.7 Å². The van der Waals surface area contributed by atoms with Crippen molar-refractivity contribution in [1.82, 2.24) is 5.32 Å².